The summed E-state index contributed by atoms with van der Waals surface area (Å²) in [5.74, 6) is 1.09. The van der Waals surface area contributed by atoms with E-state index in [1.54, 1.807) is 0 Å². The molecule has 1 aromatic carbocycles. The molecule has 1 aliphatic heterocycles. The number of rotatable bonds is 3. The molecule has 98 valence electrons. The van der Waals surface area contributed by atoms with Gasteiger partial charge < -0.3 is 10.1 Å². The molecule has 0 bridgehead atoms. The second-order valence-corrected chi connectivity index (χ2v) is 5.23. The summed E-state index contributed by atoms with van der Waals surface area (Å²) in [4.78, 5) is 0. The largest absolute Gasteiger partial charge is 0.493 e. The van der Waals surface area contributed by atoms with Crippen LogP contribution in [0.2, 0.25) is 0 Å². The highest BCUT2D eigenvalue weighted by atomic mass is 16.5. The van der Waals surface area contributed by atoms with Crippen molar-refractivity contribution in [2.24, 2.45) is 0 Å². The van der Waals surface area contributed by atoms with Crippen LogP contribution < -0.4 is 10.1 Å². The van der Waals surface area contributed by atoms with E-state index in [0.717, 1.165) is 31.7 Å². The summed E-state index contributed by atoms with van der Waals surface area (Å²) >= 11 is 0. The molecule has 18 heavy (non-hydrogen) atoms. The predicted octanol–water partition coefficient (Wildman–Crippen LogP) is 3.76. The van der Waals surface area contributed by atoms with Crippen LogP contribution >= 0.6 is 0 Å². The molecule has 1 unspecified atom stereocenters. The van der Waals surface area contributed by atoms with Gasteiger partial charge >= 0.3 is 0 Å². The van der Waals surface area contributed by atoms with E-state index in [1.807, 2.05) is 0 Å². The smallest absolute Gasteiger partial charge is 0.126 e. The number of aryl methyl sites for hydroxylation is 1. The lowest BCUT2D eigenvalue weighted by molar-refractivity contribution is 0.313. The molecule has 0 fully saturated rings. The first kappa shape index (κ1) is 13.2. The fourth-order valence-electron chi connectivity index (χ4n) is 2.38. The molecule has 0 radical (unpaired) electrons. The topological polar surface area (TPSA) is 21.3 Å². The number of ether oxygens (including phenoxy) is 1. The summed E-state index contributed by atoms with van der Waals surface area (Å²) in [6, 6.07) is 6.85. The first-order valence-corrected chi connectivity index (χ1v) is 6.77. The molecule has 1 heterocycles. The average Bonchev–Trinajstić information content (AvgIpc) is 2.53. The maximum atomic E-state index is 5.88. The zero-order valence-electron chi connectivity index (χ0n) is 11.6. The number of nitrogens with one attached hydrogen (secondary N) is 1. The van der Waals surface area contributed by atoms with Gasteiger partial charge in [0.1, 0.15) is 5.75 Å². The van der Waals surface area contributed by atoms with Crippen LogP contribution in [-0.2, 0) is 0 Å². The van der Waals surface area contributed by atoms with Crippen molar-refractivity contribution in [3.8, 4) is 5.75 Å². The maximum Gasteiger partial charge on any atom is 0.126 e. The third-order valence-electron chi connectivity index (χ3n) is 3.38. The second-order valence-electron chi connectivity index (χ2n) is 5.23. The molecule has 2 heteroatoms. The van der Waals surface area contributed by atoms with E-state index in [4.69, 9.17) is 4.74 Å². The lowest BCUT2D eigenvalue weighted by atomic mass is 10.00. The third kappa shape index (κ3) is 3.14. The minimum absolute atomic E-state index is 0.415. The molecular formula is C16H23NO. The number of hydrogen-bond donors (Lipinski definition) is 1. The maximum absolute atomic E-state index is 5.88. The van der Waals surface area contributed by atoms with Gasteiger partial charge in [0.25, 0.3) is 0 Å². The molecule has 1 aliphatic rings. The zero-order valence-corrected chi connectivity index (χ0v) is 11.6. The molecule has 2 rings (SSSR count). The third-order valence-corrected chi connectivity index (χ3v) is 3.38. The molecule has 0 aromatic heterocycles. The van der Waals surface area contributed by atoms with Crippen molar-refractivity contribution in [2.75, 3.05) is 13.2 Å². The highest BCUT2D eigenvalue weighted by molar-refractivity contribution is 5.43. The summed E-state index contributed by atoms with van der Waals surface area (Å²) in [5, 5.41) is 3.62. The molecule has 0 aliphatic carbocycles. The molecule has 2 nitrogen and oxygen atoms in total. The Hall–Kier alpha value is -1.28. The van der Waals surface area contributed by atoms with Gasteiger partial charge in [-0.2, -0.15) is 0 Å². The Bertz CT molecular complexity index is 433. The van der Waals surface area contributed by atoms with Crippen LogP contribution in [0.3, 0.4) is 0 Å². The summed E-state index contributed by atoms with van der Waals surface area (Å²) in [6.45, 7) is 8.16. The van der Waals surface area contributed by atoms with Crippen LogP contribution in [0.25, 0.3) is 0 Å². The predicted molar refractivity (Wildman–Crippen MR) is 76.1 cm³/mol. The van der Waals surface area contributed by atoms with Gasteiger partial charge in [-0.15, -0.1) is 0 Å². The molecule has 0 spiro atoms. The fraction of sp³-hybridized carbons (Fsp3) is 0.500. The molecule has 1 atom stereocenters. The van der Waals surface area contributed by atoms with E-state index < -0.39 is 0 Å². The molecule has 0 saturated heterocycles. The van der Waals surface area contributed by atoms with Gasteiger partial charge in [-0.3, -0.25) is 0 Å². The van der Waals surface area contributed by atoms with Crippen LogP contribution in [0.4, 0.5) is 0 Å². The van der Waals surface area contributed by atoms with Gasteiger partial charge in [-0.1, -0.05) is 29.8 Å². The fourth-order valence-corrected chi connectivity index (χ4v) is 2.38. The van der Waals surface area contributed by atoms with Gasteiger partial charge in [-0.05, 0) is 39.2 Å². The van der Waals surface area contributed by atoms with E-state index in [2.05, 4.69) is 50.4 Å². The Morgan fingerprint density at radius 3 is 3.06 bits per heavy atom. The van der Waals surface area contributed by atoms with Crippen molar-refractivity contribution in [1.82, 2.24) is 5.32 Å². The molecule has 0 amide bonds. The van der Waals surface area contributed by atoms with Gasteiger partial charge in [-0.25, -0.2) is 0 Å². The zero-order chi connectivity index (χ0) is 13.0. The standard InChI is InChI=1S/C16H23NO/c1-12(2)9-10-17-15-8-5-11-18-16-13(3)6-4-7-14(15)16/h4,6-7,9,15,17H,5,8,10-11H2,1-3H3. The van der Waals surface area contributed by atoms with Crippen LogP contribution in [0, 0.1) is 6.92 Å². The lowest BCUT2D eigenvalue weighted by Gasteiger charge is -2.18. The van der Waals surface area contributed by atoms with Gasteiger partial charge in [0.05, 0.1) is 6.61 Å². The van der Waals surface area contributed by atoms with Crippen LogP contribution in [0.5, 0.6) is 5.75 Å². The Labute approximate surface area is 110 Å². The molecule has 0 saturated carbocycles. The SMILES string of the molecule is CC(C)=CCNC1CCCOc2c(C)cccc21. The molecular weight excluding hydrogens is 222 g/mol. The van der Waals surface area contributed by atoms with E-state index in [0.29, 0.717) is 6.04 Å². The summed E-state index contributed by atoms with van der Waals surface area (Å²) in [6.07, 6.45) is 4.49. The van der Waals surface area contributed by atoms with Gasteiger partial charge in [0.15, 0.2) is 0 Å². The Morgan fingerprint density at radius 1 is 1.44 bits per heavy atom. The summed E-state index contributed by atoms with van der Waals surface area (Å²) < 4.78 is 5.88. The van der Waals surface area contributed by atoms with Crippen LogP contribution in [0.1, 0.15) is 43.9 Å². The van der Waals surface area contributed by atoms with Crippen molar-refractivity contribution in [1.29, 1.82) is 0 Å². The molecule has 1 N–H and O–H groups in total. The average molecular weight is 245 g/mol. The van der Waals surface area contributed by atoms with E-state index in [9.17, 15) is 0 Å². The van der Waals surface area contributed by atoms with Crippen molar-refractivity contribution in [2.45, 2.75) is 39.7 Å². The van der Waals surface area contributed by atoms with Crippen LogP contribution in [-0.4, -0.2) is 13.2 Å². The van der Waals surface area contributed by atoms with Crippen molar-refractivity contribution in [3.63, 3.8) is 0 Å². The van der Waals surface area contributed by atoms with E-state index >= 15 is 0 Å². The number of para-hydroxylation sites is 1. The minimum atomic E-state index is 0.415. The van der Waals surface area contributed by atoms with Crippen molar-refractivity contribution in [3.05, 3.63) is 41.0 Å². The van der Waals surface area contributed by atoms with Crippen molar-refractivity contribution < 1.29 is 4.74 Å². The monoisotopic (exact) mass is 245 g/mol. The minimum Gasteiger partial charge on any atom is -0.493 e. The highest BCUT2D eigenvalue weighted by Gasteiger charge is 2.19. The first-order chi connectivity index (χ1) is 8.68. The lowest BCUT2D eigenvalue weighted by Crippen LogP contribution is -2.21. The van der Waals surface area contributed by atoms with E-state index in [-0.39, 0.29) is 0 Å². The van der Waals surface area contributed by atoms with Crippen molar-refractivity contribution >= 4 is 0 Å². The number of benzene rings is 1. The van der Waals surface area contributed by atoms with Crippen LogP contribution in [0.15, 0.2) is 29.8 Å². The summed E-state index contributed by atoms with van der Waals surface area (Å²) in [7, 11) is 0. The Kier molecular flexibility index (Phi) is 4.43. The quantitative estimate of drug-likeness (QED) is 0.819. The number of allylic oxidation sites excluding steroid dienone is 1. The second kappa shape index (κ2) is 6.05. The molecule has 1 aromatic rings. The number of fused-ring (bicyclic) bond motifs is 1. The van der Waals surface area contributed by atoms with Gasteiger partial charge in [0, 0.05) is 18.2 Å². The summed E-state index contributed by atoms with van der Waals surface area (Å²) in [5.41, 5.74) is 3.91. The normalized spacial score (nSPS) is 18.5. The van der Waals surface area contributed by atoms with E-state index in [1.165, 1.54) is 16.7 Å². The first-order valence-electron chi connectivity index (χ1n) is 6.77. The number of hydrogen-bond acceptors (Lipinski definition) is 2. The Balaban J connectivity index is 2.17. The highest BCUT2D eigenvalue weighted by Crippen LogP contribution is 2.33. The Morgan fingerprint density at radius 2 is 2.28 bits per heavy atom. The van der Waals surface area contributed by atoms with Gasteiger partial charge in [0.2, 0.25) is 0 Å².